The molecular weight excluding hydrogens is 403 g/mol. The number of alkyl halides is 3. The van der Waals surface area contributed by atoms with Gasteiger partial charge in [-0.25, -0.2) is 4.79 Å². The summed E-state index contributed by atoms with van der Waals surface area (Å²) in [5.41, 5.74) is 1.43. The smallest absolute Gasteiger partial charge is 0.411 e. The van der Waals surface area contributed by atoms with Crippen LogP contribution >= 0.6 is 0 Å². The van der Waals surface area contributed by atoms with Crippen molar-refractivity contribution in [3.8, 4) is 0 Å². The van der Waals surface area contributed by atoms with Crippen LogP contribution in [0.15, 0.2) is 47.1 Å². The number of halogens is 3. The number of nitrogens with one attached hydrogen (secondary N) is 1. The van der Waals surface area contributed by atoms with E-state index in [1.165, 1.54) is 6.26 Å². The summed E-state index contributed by atoms with van der Waals surface area (Å²) in [5.74, 6) is 0.0829. The number of rotatable bonds is 6. The van der Waals surface area contributed by atoms with Gasteiger partial charge in [-0.2, -0.15) is 13.2 Å². The summed E-state index contributed by atoms with van der Waals surface area (Å²) in [4.78, 5) is 27.9. The summed E-state index contributed by atoms with van der Waals surface area (Å²) in [6, 6.07) is 9.80. The molecule has 7 nitrogen and oxygen atoms in total. The average molecular weight is 425 g/mol. The number of amides is 3. The second-order valence-corrected chi connectivity index (χ2v) is 6.84. The first kappa shape index (κ1) is 21.7. The third kappa shape index (κ3) is 6.24. The Balaban J connectivity index is 1.39. The molecule has 1 aromatic heterocycles. The Morgan fingerprint density at radius 2 is 1.63 bits per heavy atom. The second kappa shape index (κ2) is 9.66. The van der Waals surface area contributed by atoms with Crippen LogP contribution in [0.5, 0.6) is 0 Å². The molecule has 1 aliphatic rings. The van der Waals surface area contributed by atoms with Crippen LogP contribution in [-0.2, 0) is 17.9 Å². The van der Waals surface area contributed by atoms with Crippen molar-refractivity contribution in [1.29, 1.82) is 0 Å². The minimum absolute atomic E-state index is 0.132. The largest absolute Gasteiger partial charge is 0.459 e. The van der Waals surface area contributed by atoms with Gasteiger partial charge >= 0.3 is 12.2 Å². The van der Waals surface area contributed by atoms with Crippen molar-refractivity contribution in [3.63, 3.8) is 0 Å². The van der Waals surface area contributed by atoms with Gasteiger partial charge in [0.1, 0.15) is 6.61 Å². The molecule has 0 aliphatic carbocycles. The zero-order chi connectivity index (χ0) is 21.6. The van der Waals surface area contributed by atoms with Crippen LogP contribution in [0, 0.1) is 0 Å². The number of hydrogen-bond donors (Lipinski definition) is 1. The molecule has 0 spiro atoms. The number of urea groups is 1. The number of nitrogens with zero attached hydrogens (tertiary/aromatic N) is 2. The number of benzene rings is 1. The molecular formula is C20H22F3N3O4. The summed E-state index contributed by atoms with van der Waals surface area (Å²) >= 11 is 0. The van der Waals surface area contributed by atoms with E-state index >= 15 is 0 Å². The Hall–Kier alpha value is -3.01. The highest BCUT2D eigenvalue weighted by Crippen LogP contribution is 2.16. The molecule has 1 aromatic carbocycles. The highest BCUT2D eigenvalue weighted by molar-refractivity contribution is 5.91. The molecule has 0 unspecified atom stereocenters. The number of carbonyl (C=O) groups excluding carboxylic acids is 2. The minimum Gasteiger partial charge on any atom is -0.459 e. The minimum atomic E-state index is -4.35. The van der Waals surface area contributed by atoms with Crippen LogP contribution < -0.4 is 5.32 Å². The predicted octanol–water partition coefficient (Wildman–Crippen LogP) is 3.03. The number of hydrogen-bond acceptors (Lipinski definition) is 4. The van der Waals surface area contributed by atoms with Crippen LogP contribution in [0.3, 0.4) is 0 Å². The van der Waals surface area contributed by atoms with E-state index in [4.69, 9.17) is 4.42 Å². The maximum absolute atomic E-state index is 12.3. The van der Waals surface area contributed by atoms with Crippen molar-refractivity contribution >= 4 is 11.9 Å². The maximum atomic E-state index is 12.3. The van der Waals surface area contributed by atoms with Gasteiger partial charge in [-0.05, 0) is 23.3 Å². The molecule has 10 heteroatoms. The van der Waals surface area contributed by atoms with Crippen molar-refractivity contribution < 1.29 is 31.9 Å². The van der Waals surface area contributed by atoms with E-state index in [2.05, 4.69) is 10.1 Å². The summed E-state index contributed by atoms with van der Waals surface area (Å²) in [6.45, 7) is 0.521. The number of carbonyl (C=O) groups is 2. The number of furan rings is 1. The van der Waals surface area contributed by atoms with Crippen LogP contribution in [0.2, 0.25) is 0 Å². The van der Waals surface area contributed by atoms with Gasteiger partial charge in [-0.3, -0.25) is 4.79 Å². The van der Waals surface area contributed by atoms with Gasteiger partial charge in [0.25, 0.3) is 5.91 Å². The van der Waals surface area contributed by atoms with Gasteiger partial charge in [0.05, 0.1) is 12.9 Å². The molecule has 0 radical (unpaired) electrons. The molecule has 2 heterocycles. The topological polar surface area (TPSA) is 75.0 Å². The van der Waals surface area contributed by atoms with Crippen molar-refractivity contribution in [2.24, 2.45) is 0 Å². The van der Waals surface area contributed by atoms with Gasteiger partial charge in [0.15, 0.2) is 5.76 Å². The fraction of sp³-hybridized carbons (Fsp3) is 0.400. The van der Waals surface area contributed by atoms with E-state index in [0.29, 0.717) is 31.7 Å². The van der Waals surface area contributed by atoms with Gasteiger partial charge in [0, 0.05) is 32.7 Å². The Morgan fingerprint density at radius 3 is 2.23 bits per heavy atom. The second-order valence-electron chi connectivity index (χ2n) is 6.84. The lowest BCUT2D eigenvalue weighted by molar-refractivity contribution is -0.176. The Labute approximate surface area is 171 Å². The molecule has 1 N–H and O–H groups in total. The van der Waals surface area contributed by atoms with Gasteiger partial charge in [0.2, 0.25) is 0 Å². The molecule has 1 saturated heterocycles. The van der Waals surface area contributed by atoms with Crippen molar-refractivity contribution in [2.45, 2.75) is 19.3 Å². The molecule has 2 aromatic rings. The fourth-order valence-electron chi connectivity index (χ4n) is 3.00. The Bertz CT molecular complexity index is 830. The lowest BCUT2D eigenvalue weighted by atomic mass is 10.1. The molecule has 0 saturated carbocycles. The standard InChI is InChI=1S/C20H22F3N3O4/c21-20(22,23)14-29-13-16-5-3-15(4-6-16)12-24-19(28)26-9-7-25(8-10-26)18(27)17-2-1-11-30-17/h1-6,11H,7-10,12-14H2,(H,24,28). The highest BCUT2D eigenvalue weighted by atomic mass is 19.4. The molecule has 3 rings (SSSR count). The van der Waals surface area contributed by atoms with Crippen LogP contribution in [0.1, 0.15) is 21.7 Å². The quantitative estimate of drug-likeness (QED) is 0.772. The van der Waals surface area contributed by atoms with E-state index in [9.17, 15) is 22.8 Å². The predicted molar refractivity (Wildman–Crippen MR) is 101 cm³/mol. The number of piperazine rings is 1. The first-order valence-electron chi connectivity index (χ1n) is 9.40. The van der Waals surface area contributed by atoms with Crippen LogP contribution in [-0.4, -0.2) is 60.7 Å². The number of ether oxygens (including phenoxy) is 1. The molecule has 3 amide bonds. The highest BCUT2D eigenvalue weighted by Gasteiger charge is 2.27. The summed E-state index contributed by atoms with van der Waals surface area (Å²) in [6.07, 6.45) is -2.90. The lowest BCUT2D eigenvalue weighted by Crippen LogP contribution is -2.53. The maximum Gasteiger partial charge on any atom is 0.411 e. The summed E-state index contributed by atoms with van der Waals surface area (Å²) < 4.78 is 46.0. The average Bonchev–Trinajstić information content (AvgIpc) is 3.26. The van der Waals surface area contributed by atoms with E-state index in [1.807, 2.05) is 0 Å². The zero-order valence-corrected chi connectivity index (χ0v) is 16.2. The molecule has 0 atom stereocenters. The van der Waals surface area contributed by atoms with Crippen molar-refractivity contribution in [3.05, 3.63) is 59.5 Å². The van der Waals surface area contributed by atoms with Gasteiger partial charge in [-0.1, -0.05) is 24.3 Å². The normalized spacial score (nSPS) is 14.6. The monoisotopic (exact) mass is 425 g/mol. The summed E-state index contributed by atoms with van der Waals surface area (Å²) in [5, 5.41) is 2.81. The van der Waals surface area contributed by atoms with Crippen molar-refractivity contribution in [1.82, 2.24) is 15.1 Å². The molecule has 0 bridgehead atoms. The summed E-state index contributed by atoms with van der Waals surface area (Å²) in [7, 11) is 0. The van der Waals surface area contributed by atoms with E-state index in [0.717, 1.165) is 5.56 Å². The first-order valence-corrected chi connectivity index (χ1v) is 9.40. The third-order valence-electron chi connectivity index (χ3n) is 4.59. The third-order valence-corrected chi connectivity index (χ3v) is 4.59. The molecule has 1 fully saturated rings. The first-order chi connectivity index (χ1) is 14.3. The lowest BCUT2D eigenvalue weighted by Gasteiger charge is -2.34. The molecule has 1 aliphatic heterocycles. The van der Waals surface area contributed by atoms with Crippen LogP contribution in [0.4, 0.5) is 18.0 Å². The van der Waals surface area contributed by atoms with Crippen molar-refractivity contribution in [2.75, 3.05) is 32.8 Å². The zero-order valence-electron chi connectivity index (χ0n) is 16.2. The van der Waals surface area contributed by atoms with E-state index < -0.39 is 12.8 Å². The molecule has 30 heavy (non-hydrogen) atoms. The van der Waals surface area contributed by atoms with E-state index in [1.54, 1.807) is 46.2 Å². The Morgan fingerprint density at radius 1 is 1.00 bits per heavy atom. The van der Waals surface area contributed by atoms with E-state index in [-0.39, 0.29) is 30.9 Å². The Kier molecular flexibility index (Phi) is 6.99. The van der Waals surface area contributed by atoms with Gasteiger partial charge in [-0.15, -0.1) is 0 Å². The fourth-order valence-corrected chi connectivity index (χ4v) is 3.00. The SMILES string of the molecule is O=C(NCc1ccc(COCC(F)(F)F)cc1)N1CCN(C(=O)c2ccco2)CC1. The van der Waals surface area contributed by atoms with Gasteiger partial charge < -0.3 is 24.3 Å². The van der Waals surface area contributed by atoms with Crippen LogP contribution in [0.25, 0.3) is 0 Å². The molecule has 162 valence electrons.